The van der Waals surface area contributed by atoms with E-state index in [4.69, 9.17) is 4.74 Å². The number of carbonyl (C=O) groups is 2. The number of carbonyl (C=O) groups excluding carboxylic acids is 2. The number of aliphatic hydroxyl groups excluding tert-OH is 2. The molecule has 0 rings (SSSR count). The van der Waals surface area contributed by atoms with Gasteiger partial charge in [-0.3, -0.25) is 9.59 Å². The van der Waals surface area contributed by atoms with Gasteiger partial charge in [0.15, 0.2) is 0 Å². The van der Waals surface area contributed by atoms with Crippen LogP contribution in [0.4, 0.5) is 0 Å². The first-order valence-corrected chi connectivity index (χ1v) is 27.2. The van der Waals surface area contributed by atoms with Gasteiger partial charge in [-0.05, 0) is 70.6 Å². The molecule has 0 radical (unpaired) electrons. The second-order valence-electron chi connectivity index (χ2n) is 18.4. The van der Waals surface area contributed by atoms with Gasteiger partial charge in [-0.15, -0.1) is 0 Å². The highest BCUT2D eigenvalue weighted by molar-refractivity contribution is 5.77. The lowest BCUT2D eigenvalue weighted by atomic mass is 10.0. The highest BCUT2D eigenvalue weighted by Crippen LogP contribution is 2.18. The maximum absolute atomic E-state index is 13.2. The van der Waals surface area contributed by atoms with E-state index in [9.17, 15) is 19.8 Å². The highest BCUT2D eigenvalue weighted by Gasteiger charge is 2.24. The summed E-state index contributed by atoms with van der Waals surface area (Å²) in [7, 11) is 0. The molecule has 0 aliphatic carbocycles. The van der Waals surface area contributed by atoms with Crippen LogP contribution in [-0.4, -0.2) is 46.9 Å². The molecule has 64 heavy (non-hydrogen) atoms. The van der Waals surface area contributed by atoms with Crippen molar-refractivity contribution in [1.29, 1.82) is 0 Å². The summed E-state index contributed by atoms with van der Waals surface area (Å²) in [5, 5.41) is 23.8. The third-order valence-corrected chi connectivity index (χ3v) is 12.1. The Hall–Kier alpha value is -2.70. The summed E-state index contributed by atoms with van der Waals surface area (Å²) < 4.78 is 5.94. The monoisotopic (exact) mass is 894 g/mol. The molecule has 0 bridgehead atoms. The summed E-state index contributed by atoms with van der Waals surface area (Å²) in [5.74, 6) is -0.509. The van der Waals surface area contributed by atoms with Gasteiger partial charge < -0.3 is 20.3 Å². The Kier molecular flexibility index (Phi) is 49.1. The molecule has 0 heterocycles. The van der Waals surface area contributed by atoms with Crippen LogP contribution in [0.3, 0.4) is 0 Å². The maximum atomic E-state index is 13.2. The van der Waals surface area contributed by atoms with Crippen molar-refractivity contribution in [1.82, 2.24) is 5.32 Å². The van der Waals surface area contributed by atoms with Gasteiger partial charge in [0.2, 0.25) is 5.91 Å². The molecule has 0 fully saturated rings. The third kappa shape index (κ3) is 45.9. The molecule has 370 valence electrons. The second kappa shape index (κ2) is 51.3. The first kappa shape index (κ1) is 61.3. The third-order valence-electron chi connectivity index (χ3n) is 12.1. The minimum absolute atomic E-state index is 0.0593. The Morgan fingerprint density at radius 2 is 0.844 bits per heavy atom. The quantitative estimate of drug-likeness (QED) is 0.0245. The number of hydrogen-bond acceptors (Lipinski definition) is 5. The van der Waals surface area contributed by atoms with E-state index in [1.54, 1.807) is 0 Å². The number of esters is 1. The number of hydrogen-bond donors (Lipinski definition) is 3. The van der Waals surface area contributed by atoms with Gasteiger partial charge >= 0.3 is 5.97 Å². The Morgan fingerprint density at radius 1 is 0.453 bits per heavy atom. The van der Waals surface area contributed by atoms with Crippen LogP contribution in [0.1, 0.15) is 258 Å². The fraction of sp³-hybridized carbons (Fsp3) is 0.759. The number of rotatable bonds is 48. The molecule has 0 aromatic carbocycles. The average Bonchev–Trinajstić information content (AvgIpc) is 3.29. The normalized spacial score (nSPS) is 13.8. The van der Waals surface area contributed by atoms with Crippen molar-refractivity contribution in [2.45, 2.75) is 277 Å². The lowest BCUT2D eigenvalue weighted by Crippen LogP contribution is -2.46. The van der Waals surface area contributed by atoms with E-state index in [2.05, 4.69) is 74.7 Å². The number of unbranched alkanes of at least 4 members (excludes halogenated alkanes) is 28. The van der Waals surface area contributed by atoms with Gasteiger partial charge in [0.25, 0.3) is 0 Å². The van der Waals surface area contributed by atoms with E-state index in [-0.39, 0.29) is 24.9 Å². The van der Waals surface area contributed by atoms with Crippen molar-refractivity contribution in [3.8, 4) is 0 Å². The van der Waals surface area contributed by atoms with Gasteiger partial charge in [0, 0.05) is 6.42 Å². The molecular formula is C58H103NO5. The Balaban J connectivity index is 4.65. The minimum atomic E-state index is -0.797. The van der Waals surface area contributed by atoms with Crippen molar-refractivity contribution in [3.05, 3.63) is 72.9 Å². The molecule has 3 unspecified atom stereocenters. The van der Waals surface area contributed by atoms with Gasteiger partial charge in [-0.25, -0.2) is 0 Å². The maximum Gasteiger partial charge on any atom is 0.306 e. The van der Waals surface area contributed by atoms with Crippen molar-refractivity contribution < 1.29 is 24.5 Å². The zero-order valence-corrected chi connectivity index (χ0v) is 42.1. The van der Waals surface area contributed by atoms with E-state index >= 15 is 0 Å². The topological polar surface area (TPSA) is 95.9 Å². The zero-order valence-electron chi connectivity index (χ0n) is 42.1. The molecule has 3 N–H and O–H groups in total. The predicted molar refractivity (Wildman–Crippen MR) is 278 cm³/mol. The van der Waals surface area contributed by atoms with Gasteiger partial charge in [-0.2, -0.15) is 0 Å². The van der Waals surface area contributed by atoms with E-state index < -0.39 is 18.2 Å². The molecule has 0 aromatic heterocycles. The molecule has 0 spiro atoms. The molecule has 0 saturated carbocycles. The molecule has 0 aliphatic rings. The SMILES string of the molecule is CCC/C=C/C=C/C=C/C=C/C=C/CCCCCCCC(=O)OC(CCCCCCC/C=C/CCCCCCCC)CC(=O)NC(CO)C(O)CCCCCCCCCCCCCC. The summed E-state index contributed by atoms with van der Waals surface area (Å²) in [6.07, 6.45) is 65.2. The Morgan fingerprint density at radius 3 is 1.31 bits per heavy atom. The highest BCUT2D eigenvalue weighted by atomic mass is 16.5. The zero-order chi connectivity index (χ0) is 46.7. The summed E-state index contributed by atoms with van der Waals surface area (Å²) in [4.78, 5) is 26.2. The number of aliphatic hydroxyl groups is 2. The molecule has 3 atom stereocenters. The van der Waals surface area contributed by atoms with Crippen molar-refractivity contribution in [2.24, 2.45) is 0 Å². The van der Waals surface area contributed by atoms with E-state index in [1.807, 2.05) is 24.3 Å². The Labute approximate surface area is 396 Å². The molecule has 6 nitrogen and oxygen atoms in total. The molecular weight excluding hydrogens is 791 g/mol. The van der Waals surface area contributed by atoms with Crippen LogP contribution < -0.4 is 5.32 Å². The van der Waals surface area contributed by atoms with Crippen molar-refractivity contribution in [3.63, 3.8) is 0 Å². The number of nitrogens with one attached hydrogen (secondary N) is 1. The average molecular weight is 894 g/mol. The smallest absolute Gasteiger partial charge is 0.306 e. The van der Waals surface area contributed by atoms with E-state index in [0.717, 1.165) is 89.9 Å². The predicted octanol–water partition coefficient (Wildman–Crippen LogP) is 16.6. The fourth-order valence-corrected chi connectivity index (χ4v) is 7.98. The summed E-state index contributed by atoms with van der Waals surface area (Å²) in [6, 6.07) is -0.712. The molecule has 0 saturated heterocycles. The molecule has 6 heteroatoms. The Bertz CT molecular complexity index is 1190. The summed E-state index contributed by atoms with van der Waals surface area (Å²) >= 11 is 0. The van der Waals surface area contributed by atoms with Crippen LogP contribution >= 0.6 is 0 Å². The number of ether oxygens (including phenoxy) is 1. The van der Waals surface area contributed by atoms with Crippen LogP contribution in [-0.2, 0) is 14.3 Å². The molecule has 0 aliphatic heterocycles. The first-order chi connectivity index (χ1) is 31.5. The lowest BCUT2D eigenvalue weighted by molar-refractivity contribution is -0.151. The second-order valence-corrected chi connectivity index (χ2v) is 18.4. The fourth-order valence-electron chi connectivity index (χ4n) is 7.98. The molecule has 1 amide bonds. The standard InChI is InChI=1S/C58H103NO5/c1-4-7-10-13-16-19-22-25-27-28-29-31-33-36-39-42-45-48-51-58(63)64-54(49-46-43-40-37-34-32-30-26-23-20-17-14-11-8-5-2)52-57(62)59-55(53-60)56(61)50-47-44-41-38-35-24-21-18-15-12-9-6-3/h10,13,16,19,22,25-31,54-56,60-61H,4-9,11-12,14-15,17-18,20-21,23-24,32-53H2,1-3H3,(H,59,62)/b13-10+,19-16+,25-22+,28-27+,30-26+,31-29+. The van der Waals surface area contributed by atoms with Crippen LogP contribution in [0.25, 0.3) is 0 Å². The van der Waals surface area contributed by atoms with Gasteiger partial charge in [0.05, 0.1) is 25.2 Å². The van der Waals surface area contributed by atoms with Crippen LogP contribution in [0.2, 0.25) is 0 Å². The van der Waals surface area contributed by atoms with Crippen LogP contribution in [0.15, 0.2) is 72.9 Å². The lowest BCUT2D eigenvalue weighted by Gasteiger charge is -2.24. The van der Waals surface area contributed by atoms with E-state index in [0.29, 0.717) is 19.3 Å². The van der Waals surface area contributed by atoms with Gasteiger partial charge in [-0.1, -0.05) is 248 Å². The van der Waals surface area contributed by atoms with Crippen LogP contribution in [0, 0.1) is 0 Å². The summed E-state index contributed by atoms with van der Waals surface area (Å²) in [6.45, 7) is 6.39. The molecule has 0 aromatic rings. The largest absolute Gasteiger partial charge is 0.462 e. The first-order valence-electron chi connectivity index (χ1n) is 27.2. The minimum Gasteiger partial charge on any atom is -0.462 e. The van der Waals surface area contributed by atoms with Crippen molar-refractivity contribution in [2.75, 3.05) is 6.61 Å². The number of allylic oxidation sites excluding steroid dienone is 12. The van der Waals surface area contributed by atoms with Crippen molar-refractivity contribution >= 4 is 11.9 Å². The van der Waals surface area contributed by atoms with Crippen LogP contribution in [0.5, 0.6) is 0 Å². The number of amides is 1. The van der Waals surface area contributed by atoms with Gasteiger partial charge in [0.1, 0.15) is 6.10 Å². The van der Waals surface area contributed by atoms with E-state index in [1.165, 1.54) is 122 Å². The summed E-state index contributed by atoms with van der Waals surface area (Å²) in [5.41, 5.74) is 0.